The molecule has 0 aliphatic heterocycles. The van der Waals surface area contributed by atoms with E-state index in [-0.39, 0.29) is 0 Å². The highest BCUT2D eigenvalue weighted by atomic mass is 32.2. The molecule has 0 atom stereocenters. The molecule has 3 rings (SSSR count). The summed E-state index contributed by atoms with van der Waals surface area (Å²) in [5.74, 6) is 1.82. The first-order chi connectivity index (χ1) is 11.0. The van der Waals surface area contributed by atoms with Crippen molar-refractivity contribution in [3.05, 3.63) is 11.3 Å². The van der Waals surface area contributed by atoms with Gasteiger partial charge in [-0.1, -0.05) is 25.6 Å². The molecular weight excluding hydrogens is 308 g/mol. The van der Waals surface area contributed by atoms with Crippen LogP contribution < -0.4 is 5.32 Å². The van der Waals surface area contributed by atoms with Gasteiger partial charge in [-0.2, -0.15) is 9.50 Å². The van der Waals surface area contributed by atoms with E-state index in [1.807, 2.05) is 4.52 Å². The number of rotatable bonds is 6. The van der Waals surface area contributed by atoms with Crippen molar-refractivity contribution >= 4 is 23.4 Å². The summed E-state index contributed by atoms with van der Waals surface area (Å²) in [6.07, 6.45) is 4.57. The zero-order valence-corrected chi connectivity index (χ0v) is 15.3. The molecule has 23 heavy (non-hydrogen) atoms. The van der Waals surface area contributed by atoms with Crippen LogP contribution in [0.1, 0.15) is 37.9 Å². The van der Waals surface area contributed by atoms with Gasteiger partial charge in [-0.15, -0.1) is 5.10 Å². The number of anilines is 1. The normalized spacial score (nSPS) is 14.7. The van der Waals surface area contributed by atoms with Gasteiger partial charge in [0.1, 0.15) is 5.82 Å². The van der Waals surface area contributed by atoms with Crippen molar-refractivity contribution in [2.75, 3.05) is 32.5 Å². The van der Waals surface area contributed by atoms with E-state index in [0.29, 0.717) is 5.25 Å². The van der Waals surface area contributed by atoms with Crippen LogP contribution in [0.25, 0.3) is 5.78 Å². The smallest absolute Gasteiger partial charge is 0.255 e. The van der Waals surface area contributed by atoms with Crippen molar-refractivity contribution < 1.29 is 0 Å². The number of aromatic nitrogens is 4. The Kier molecular flexibility index (Phi) is 5.06. The molecule has 0 saturated carbocycles. The minimum Gasteiger partial charge on any atom is -0.368 e. The summed E-state index contributed by atoms with van der Waals surface area (Å²) in [4.78, 5) is 11.6. The highest BCUT2D eigenvalue weighted by molar-refractivity contribution is 7.99. The van der Waals surface area contributed by atoms with Crippen LogP contribution >= 0.6 is 11.8 Å². The summed E-state index contributed by atoms with van der Waals surface area (Å²) < 4.78 is 1.91. The quantitative estimate of drug-likeness (QED) is 0.819. The highest BCUT2D eigenvalue weighted by Gasteiger charge is 2.21. The number of aryl methyl sites for hydroxylation is 1. The van der Waals surface area contributed by atoms with E-state index in [0.717, 1.165) is 42.7 Å². The summed E-state index contributed by atoms with van der Waals surface area (Å²) >= 11 is 1.69. The minimum absolute atomic E-state index is 0.465. The lowest BCUT2D eigenvalue weighted by molar-refractivity contribution is 0.424. The predicted octanol–water partition coefficient (Wildman–Crippen LogP) is 2.48. The maximum Gasteiger partial charge on any atom is 0.255 e. The summed E-state index contributed by atoms with van der Waals surface area (Å²) in [5, 5.41) is 9.55. The van der Waals surface area contributed by atoms with Gasteiger partial charge in [0.25, 0.3) is 5.78 Å². The molecule has 7 heteroatoms. The molecule has 0 saturated heterocycles. The van der Waals surface area contributed by atoms with Crippen molar-refractivity contribution in [3.8, 4) is 0 Å². The van der Waals surface area contributed by atoms with Crippen LogP contribution in [-0.4, -0.2) is 56.9 Å². The Morgan fingerprint density at radius 3 is 2.74 bits per heavy atom. The third-order valence-electron chi connectivity index (χ3n) is 3.93. The molecule has 1 aliphatic rings. The van der Waals surface area contributed by atoms with Crippen LogP contribution in [0.3, 0.4) is 0 Å². The third-order valence-corrected chi connectivity index (χ3v) is 4.79. The molecule has 0 spiro atoms. The van der Waals surface area contributed by atoms with Gasteiger partial charge >= 0.3 is 0 Å². The van der Waals surface area contributed by atoms with Gasteiger partial charge in [-0.3, -0.25) is 0 Å². The molecule has 0 bridgehead atoms. The van der Waals surface area contributed by atoms with Crippen LogP contribution in [-0.2, 0) is 12.8 Å². The van der Waals surface area contributed by atoms with Gasteiger partial charge < -0.3 is 10.2 Å². The summed E-state index contributed by atoms with van der Waals surface area (Å²) in [6, 6.07) is 0. The van der Waals surface area contributed by atoms with Crippen LogP contribution in [0, 0.1) is 0 Å². The first-order valence-electron chi connectivity index (χ1n) is 8.38. The zero-order chi connectivity index (χ0) is 16.4. The Morgan fingerprint density at radius 2 is 2.00 bits per heavy atom. The maximum atomic E-state index is 4.77. The molecule has 6 nitrogen and oxygen atoms in total. The van der Waals surface area contributed by atoms with Crippen molar-refractivity contribution in [2.45, 2.75) is 49.9 Å². The average molecular weight is 334 g/mol. The number of nitrogens with zero attached hydrogens (tertiary/aromatic N) is 5. The van der Waals surface area contributed by atoms with Gasteiger partial charge in [-0.25, -0.2) is 4.98 Å². The van der Waals surface area contributed by atoms with Gasteiger partial charge in [0, 0.05) is 23.9 Å². The molecule has 2 heterocycles. The molecule has 0 amide bonds. The Labute approximate surface area is 142 Å². The number of hydrogen-bond donors (Lipinski definition) is 1. The maximum absolute atomic E-state index is 4.77. The lowest BCUT2D eigenvalue weighted by atomic mass is 9.96. The molecule has 0 unspecified atom stereocenters. The van der Waals surface area contributed by atoms with E-state index >= 15 is 0 Å². The second kappa shape index (κ2) is 7.05. The van der Waals surface area contributed by atoms with E-state index in [9.17, 15) is 0 Å². The van der Waals surface area contributed by atoms with Crippen LogP contribution in [0.2, 0.25) is 0 Å². The molecule has 1 aliphatic carbocycles. The predicted molar refractivity (Wildman–Crippen MR) is 95.5 cm³/mol. The SMILES string of the molecule is CC(C)Sc1nc2nc3c(c(NCCN(C)C)n2n1)CCCC3. The number of fused-ring (bicyclic) bond motifs is 2. The van der Waals surface area contributed by atoms with Gasteiger partial charge in [-0.05, 0) is 39.8 Å². The molecule has 1 N–H and O–H groups in total. The third kappa shape index (κ3) is 3.77. The van der Waals surface area contributed by atoms with Gasteiger partial charge in [0.15, 0.2) is 0 Å². The molecular formula is C16H26N6S. The van der Waals surface area contributed by atoms with E-state index in [1.54, 1.807) is 11.8 Å². The van der Waals surface area contributed by atoms with Crippen molar-refractivity contribution in [2.24, 2.45) is 0 Å². The molecule has 0 radical (unpaired) electrons. The van der Waals surface area contributed by atoms with E-state index in [4.69, 9.17) is 4.98 Å². The first kappa shape index (κ1) is 16.5. The van der Waals surface area contributed by atoms with E-state index < -0.39 is 0 Å². The number of likely N-dealkylation sites (N-methyl/N-ethyl adjacent to an activating group) is 1. The Balaban J connectivity index is 1.99. The van der Waals surface area contributed by atoms with Crippen molar-refractivity contribution in [1.29, 1.82) is 0 Å². The number of thioether (sulfide) groups is 1. The lowest BCUT2D eigenvalue weighted by Crippen LogP contribution is -2.23. The molecule has 2 aromatic heterocycles. The zero-order valence-electron chi connectivity index (χ0n) is 14.5. The largest absolute Gasteiger partial charge is 0.368 e. The monoisotopic (exact) mass is 334 g/mol. The fourth-order valence-electron chi connectivity index (χ4n) is 2.86. The minimum atomic E-state index is 0.465. The number of hydrogen-bond acceptors (Lipinski definition) is 6. The summed E-state index contributed by atoms with van der Waals surface area (Å²) in [5.41, 5.74) is 2.53. The van der Waals surface area contributed by atoms with Crippen LogP contribution in [0.15, 0.2) is 5.16 Å². The van der Waals surface area contributed by atoms with Crippen LogP contribution in [0.4, 0.5) is 5.82 Å². The standard InChI is InChI=1S/C16H26N6S/c1-11(2)23-16-19-15-18-13-8-6-5-7-12(13)14(22(15)20-16)17-9-10-21(3)4/h11,17H,5-10H2,1-4H3. The molecule has 0 aromatic carbocycles. The van der Waals surface area contributed by atoms with Crippen molar-refractivity contribution in [1.82, 2.24) is 24.5 Å². The fourth-order valence-corrected chi connectivity index (χ4v) is 3.55. The summed E-state index contributed by atoms with van der Waals surface area (Å²) in [7, 11) is 4.18. The Bertz CT molecular complexity index is 679. The average Bonchev–Trinajstić information content (AvgIpc) is 2.87. The second-order valence-electron chi connectivity index (χ2n) is 6.60. The molecule has 126 valence electrons. The van der Waals surface area contributed by atoms with E-state index in [1.165, 1.54) is 24.1 Å². The van der Waals surface area contributed by atoms with Gasteiger partial charge in [0.2, 0.25) is 5.16 Å². The van der Waals surface area contributed by atoms with E-state index in [2.05, 4.69) is 48.2 Å². The van der Waals surface area contributed by atoms with Gasteiger partial charge in [0.05, 0.1) is 5.69 Å². The molecule has 0 fully saturated rings. The topological polar surface area (TPSA) is 58.4 Å². The summed E-state index contributed by atoms with van der Waals surface area (Å²) in [6.45, 7) is 6.20. The first-order valence-corrected chi connectivity index (χ1v) is 9.26. The Hall–Kier alpha value is -1.34. The second-order valence-corrected chi connectivity index (χ2v) is 8.14. The van der Waals surface area contributed by atoms with Crippen molar-refractivity contribution in [3.63, 3.8) is 0 Å². The van der Waals surface area contributed by atoms with Crippen LogP contribution in [0.5, 0.6) is 0 Å². The lowest BCUT2D eigenvalue weighted by Gasteiger charge is -2.20. The number of nitrogens with one attached hydrogen (secondary N) is 1. The Morgan fingerprint density at radius 1 is 1.22 bits per heavy atom. The highest BCUT2D eigenvalue weighted by Crippen LogP contribution is 2.28. The molecule has 2 aromatic rings. The fraction of sp³-hybridized carbons (Fsp3) is 0.688.